The Morgan fingerprint density at radius 2 is 1.85 bits per heavy atom. The molecule has 0 saturated heterocycles. The highest BCUT2D eigenvalue weighted by Crippen LogP contribution is 2.22. The molecule has 0 aliphatic carbocycles. The minimum absolute atomic E-state index is 0.214. The summed E-state index contributed by atoms with van der Waals surface area (Å²) in [6.07, 6.45) is 0. The van der Waals surface area contributed by atoms with Gasteiger partial charge >= 0.3 is 5.97 Å². The van der Waals surface area contributed by atoms with Gasteiger partial charge in [-0.2, -0.15) is 4.98 Å². The molecule has 0 saturated carbocycles. The summed E-state index contributed by atoms with van der Waals surface area (Å²) in [6.45, 7) is 5.91. The molecule has 2 aromatic rings. The molecule has 0 radical (unpaired) electrons. The van der Waals surface area contributed by atoms with Gasteiger partial charge in [0.2, 0.25) is 5.88 Å². The van der Waals surface area contributed by atoms with Crippen molar-refractivity contribution in [1.29, 1.82) is 0 Å². The van der Waals surface area contributed by atoms with Gasteiger partial charge in [0, 0.05) is 17.7 Å². The summed E-state index contributed by atoms with van der Waals surface area (Å²) in [4.78, 5) is 19.5. The number of carboxylic acid groups (broad SMARTS) is 1. The number of aryl methyl sites for hydroxylation is 1. The van der Waals surface area contributed by atoms with E-state index in [2.05, 4.69) is 9.97 Å². The van der Waals surface area contributed by atoms with Gasteiger partial charge in [0.1, 0.15) is 11.6 Å². The van der Waals surface area contributed by atoms with Crippen molar-refractivity contribution in [3.8, 4) is 11.6 Å². The summed E-state index contributed by atoms with van der Waals surface area (Å²) >= 11 is 0. The zero-order chi connectivity index (χ0) is 14.7. The van der Waals surface area contributed by atoms with Crippen LogP contribution in [0.1, 0.15) is 41.6 Å². The third kappa shape index (κ3) is 3.32. The van der Waals surface area contributed by atoms with Crippen molar-refractivity contribution < 1.29 is 14.6 Å². The van der Waals surface area contributed by atoms with Gasteiger partial charge in [-0.05, 0) is 31.2 Å². The molecule has 0 unspecified atom stereocenters. The summed E-state index contributed by atoms with van der Waals surface area (Å²) in [5.41, 5.74) is 1.06. The second-order valence-corrected chi connectivity index (χ2v) is 4.79. The fourth-order valence-corrected chi connectivity index (χ4v) is 1.66. The molecule has 0 amide bonds. The lowest BCUT2D eigenvalue weighted by molar-refractivity contribution is 0.0697. The van der Waals surface area contributed by atoms with Crippen molar-refractivity contribution in [3.05, 3.63) is 47.4 Å². The Balaban J connectivity index is 2.23. The largest absolute Gasteiger partial charge is 0.478 e. The van der Waals surface area contributed by atoms with Gasteiger partial charge in [-0.3, -0.25) is 0 Å². The highest BCUT2D eigenvalue weighted by molar-refractivity contribution is 5.87. The van der Waals surface area contributed by atoms with Gasteiger partial charge in [0.05, 0.1) is 5.56 Å². The predicted molar refractivity (Wildman–Crippen MR) is 74.3 cm³/mol. The van der Waals surface area contributed by atoms with Gasteiger partial charge in [-0.15, -0.1) is 0 Å². The first kappa shape index (κ1) is 14.0. The van der Waals surface area contributed by atoms with Crippen LogP contribution in [0.4, 0.5) is 0 Å². The molecule has 5 heteroatoms. The standard InChI is InChI=1S/C15H16N2O3/c1-9(2)14-16-10(3)8-13(17-14)20-12-6-4-11(5-7-12)15(18)19/h4-9H,1-3H3,(H,18,19). The van der Waals surface area contributed by atoms with Crippen molar-refractivity contribution >= 4 is 5.97 Å². The van der Waals surface area contributed by atoms with Gasteiger partial charge in [-0.25, -0.2) is 9.78 Å². The number of carbonyl (C=O) groups is 1. The van der Waals surface area contributed by atoms with Crippen LogP contribution in [0.5, 0.6) is 11.6 Å². The number of carboxylic acids is 1. The molecule has 20 heavy (non-hydrogen) atoms. The summed E-state index contributed by atoms with van der Waals surface area (Å²) in [5.74, 6) is 0.984. The topological polar surface area (TPSA) is 72.3 Å². The Morgan fingerprint density at radius 1 is 1.20 bits per heavy atom. The van der Waals surface area contributed by atoms with Crippen LogP contribution in [-0.4, -0.2) is 21.0 Å². The van der Waals surface area contributed by atoms with Crippen molar-refractivity contribution in [2.24, 2.45) is 0 Å². The monoisotopic (exact) mass is 272 g/mol. The average molecular weight is 272 g/mol. The van der Waals surface area contributed by atoms with E-state index >= 15 is 0 Å². The van der Waals surface area contributed by atoms with Crippen LogP contribution >= 0.6 is 0 Å². The number of benzene rings is 1. The molecule has 0 spiro atoms. The fourth-order valence-electron chi connectivity index (χ4n) is 1.66. The van der Waals surface area contributed by atoms with Gasteiger partial charge in [0.15, 0.2) is 0 Å². The van der Waals surface area contributed by atoms with Crippen LogP contribution < -0.4 is 4.74 Å². The van der Waals surface area contributed by atoms with Crippen LogP contribution in [0.2, 0.25) is 0 Å². The molecule has 2 rings (SSSR count). The summed E-state index contributed by atoms with van der Waals surface area (Å²) < 4.78 is 5.64. The van der Waals surface area contributed by atoms with Gasteiger partial charge < -0.3 is 9.84 Å². The summed E-state index contributed by atoms with van der Waals surface area (Å²) in [5, 5.41) is 8.84. The Morgan fingerprint density at radius 3 is 2.40 bits per heavy atom. The molecule has 5 nitrogen and oxygen atoms in total. The zero-order valence-electron chi connectivity index (χ0n) is 11.6. The van der Waals surface area contributed by atoms with Crippen LogP contribution in [0.3, 0.4) is 0 Å². The third-order valence-corrected chi connectivity index (χ3v) is 2.69. The number of rotatable bonds is 4. The maximum absolute atomic E-state index is 10.8. The van der Waals surface area contributed by atoms with Gasteiger partial charge in [0.25, 0.3) is 0 Å². The molecule has 1 aromatic carbocycles. The van der Waals surface area contributed by atoms with Crippen LogP contribution in [-0.2, 0) is 0 Å². The predicted octanol–water partition coefficient (Wildman–Crippen LogP) is 3.40. The van der Waals surface area contributed by atoms with Crippen molar-refractivity contribution in [1.82, 2.24) is 9.97 Å². The first-order valence-electron chi connectivity index (χ1n) is 6.32. The van der Waals surface area contributed by atoms with E-state index < -0.39 is 5.97 Å². The van der Waals surface area contributed by atoms with E-state index in [4.69, 9.17) is 9.84 Å². The Bertz CT molecular complexity index is 622. The normalized spacial score (nSPS) is 10.6. The maximum Gasteiger partial charge on any atom is 0.335 e. The number of ether oxygens (including phenoxy) is 1. The molecular weight excluding hydrogens is 256 g/mol. The fraction of sp³-hybridized carbons (Fsp3) is 0.267. The van der Waals surface area contributed by atoms with Crippen LogP contribution in [0.15, 0.2) is 30.3 Å². The smallest absolute Gasteiger partial charge is 0.335 e. The first-order valence-corrected chi connectivity index (χ1v) is 6.32. The quantitative estimate of drug-likeness (QED) is 0.923. The number of aromatic nitrogens is 2. The van der Waals surface area contributed by atoms with Crippen molar-refractivity contribution in [2.75, 3.05) is 0 Å². The third-order valence-electron chi connectivity index (χ3n) is 2.69. The molecule has 1 aromatic heterocycles. The second-order valence-electron chi connectivity index (χ2n) is 4.79. The summed E-state index contributed by atoms with van der Waals surface area (Å²) in [7, 11) is 0. The Hall–Kier alpha value is -2.43. The molecule has 0 fully saturated rings. The molecular formula is C15H16N2O3. The lowest BCUT2D eigenvalue weighted by atomic mass is 10.2. The summed E-state index contributed by atoms with van der Waals surface area (Å²) in [6, 6.07) is 7.95. The molecule has 0 aliphatic heterocycles. The first-order chi connectivity index (χ1) is 9.45. The van der Waals surface area contributed by atoms with E-state index in [9.17, 15) is 4.79 Å². The van der Waals surface area contributed by atoms with Crippen molar-refractivity contribution in [2.45, 2.75) is 26.7 Å². The maximum atomic E-state index is 10.8. The number of aromatic carboxylic acids is 1. The average Bonchev–Trinajstić information content (AvgIpc) is 2.38. The van der Waals surface area contributed by atoms with E-state index in [0.717, 1.165) is 11.5 Å². The lowest BCUT2D eigenvalue weighted by Crippen LogP contribution is -2.01. The van der Waals surface area contributed by atoms with E-state index in [0.29, 0.717) is 11.6 Å². The number of hydrogen-bond acceptors (Lipinski definition) is 4. The lowest BCUT2D eigenvalue weighted by Gasteiger charge is -2.09. The van der Waals surface area contributed by atoms with Crippen LogP contribution in [0, 0.1) is 6.92 Å². The minimum Gasteiger partial charge on any atom is -0.478 e. The minimum atomic E-state index is -0.962. The highest BCUT2D eigenvalue weighted by Gasteiger charge is 2.08. The Labute approximate surface area is 117 Å². The zero-order valence-corrected chi connectivity index (χ0v) is 11.6. The molecule has 0 aliphatic rings. The number of hydrogen-bond donors (Lipinski definition) is 1. The molecule has 1 N–H and O–H groups in total. The molecule has 0 bridgehead atoms. The van der Waals surface area contributed by atoms with Gasteiger partial charge in [-0.1, -0.05) is 13.8 Å². The van der Waals surface area contributed by atoms with Crippen LogP contribution in [0.25, 0.3) is 0 Å². The highest BCUT2D eigenvalue weighted by atomic mass is 16.5. The molecule has 104 valence electrons. The van der Waals surface area contributed by atoms with E-state index in [1.807, 2.05) is 20.8 Å². The van der Waals surface area contributed by atoms with E-state index in [1.54, 1.807) is 18.2 Å². The molecule has 0 atom stereocenters. The van der Waals surface area contributed by atoms with Crippen molar-refractivity contribution in [3.63, 3.8) is 0 Å². The van der Waals surface area contributed by atoms with E-state index in [-0.39, 0.29) is 11.5 Å². The molecule has 1 heterocycles. The number of nitrogens with zero attached hydrogens (tertiary/aromatic N) is 2. The van der Waals surface area contributed by atoms with E-state index in [1.165, 1.54) is 12.1 Å². The Kier molecular flexibility index (Phi) is 3.98. The second kappa shape index (κ2) is 5.69. The SMILES string of the molecule is Cc1cc(Oc2ccc(C(=O)O)cc2)nc(C(C)C)n1.